The van der Waals surface area contributed by atoms with Crippen molar-refractivity contribution in [1.82, 2.24) is 9.62 Å². The van der Waals surface area contributed by atoms with E-state index in [0.29, 0.717) is 26.2 Å². The smallest absolute Gasteiger partial charge is 0.254 e. The number of carbonyl (C=O) groups is 1. The van der Waals surface area contributed by atoms with E-state index >= 15 is 0 Å². The molecule has 0 saturated carbocycles. The molecule has 6 nitrogen and oxygen atoms in total. The van der Waals surface area contributed by atoms with E-state index < -0.39 is 10.0 Å². The van der Waals surface area contributed by atoms with Crippen LogP contribution in [0.15, 0.2) is 18.2 Å². The minimum atomic E-state index is -3.16. The molecule has 1 amide bonds. The number of ether oxygens (including phenoxy) is 1. The summed E-state index contributed by atoms with van der Waals surface area (Å²) >= 11 is 0. The molecule has 2 aliphatic rings. The number of aryl methyl sites for hydroxylation is 2. The lowest BCUT2D eigenvalue weighted by atomic mass is 9.82. The predicted octanol–water partition coefficient (Wildman–Crippen LogP) is 1.47. The van der Waals surface area contributed by atoms with Crippen molar-refractivity contribution in [1.29, 1.82) is 0 Å². The molecule has 3 rings (SSSR count). The summed E-state index contributed by atoms with van der Waals surface area (Å²) in [6.45, 7) is 6.23. The third kappa shape index (κ3) is 4.22. The van der Waals surface area contributed by atoms with Crippen molar-refractivity contribution < 1.29 is 17.9 Å². The lowest BCUT2D eigenvalue weighted by Crippen LogP contribution is -2.66. The molecule has 1 N–H and O–H groups in total. The summed E-state index contributed by atoms with van der Waals surface area (Å²) in [6.07, 6.45) is 2.94. The highest BCUT2D eigenvalue weighted by molar-refractivity contribution is 7.88. The van der Waals surface area contributed by atoms with Crippen molar-refractivity contribution >= 4 is 15.9 Å². The highest BCUT2D eigenvalue weighted by Gasteiger charge is 2.48. The van der Waals surface area contributed by atoms with Gasteiger partial charge in [0.25, 0.3) is 5.91 Å². The second-order valence-electron chi connectivity index (χ2n) is 7.48. The minimum Gasteiger partial charge on any atom is -0.371 e. The standard InChI is InChI=1S/C18H26N2O4S/c1-13-4-5-16(8-14(13)2)17(21)20-11-18(12-20)7-6-15(10-24-18)9-19-25(3,22)23/h4-5,8,15,19H,6-7,9-12H2,1-3H3/t15-/m0/s1. The predicted molar refractivity (Wildman–Crippen MR) is 96.1 cm³/mol. The summed E-state index contributed by atoms with van der Waals surface area (Å²) in [4.78, 5) is 14.4. The Balaban J connectivity index is 1.51. The summed E-state index contributed by atoms with van der Waals surface area (Å²) in [5.74, 6) is 0.253. The SMILES string of the molecule is Cc1ccc(C(=O)N2CC3(CC[C@@H](CNS(C)(=O)=O)CO3)C2)cc1C. The maximum absolute atomic E-state index is 12.6. The van der Waals surface area contributed by atoms with Crippen molar-refractivity contribution in [2.45, 2.75) is 32.3 Å². The first-order valence-corrected chi connectivity index (χ1v) is 10.5. The van der Waals surface area contributed by atoms with Gasteiger partial charge in [-0.25, -0.2) is 13.1 Å². The lowest BCUT2D eigenvalue weighted by Gasteiger charge is -2.52. The number of likely N-dealkylation sites (tertiary alicyclic amines) is 1. The van der Waals surface area contributed by atoms with E-state index in [2.05, 4.69) is 4.72 Å². The number of hydrogen-bond acceptors (Lipinski definition) is 4. The van der Waals surface area contributed by atoms with Gasteiger partial charge in [-0.2, -0.15) is 0 Å². The Hall–Kier alpha value is -1.44. The first-order chi connectivity index (χ1) is 11.7. The number of hydrogen-bond donors (Lipinski definition) is 1. The molecule has 2 heterocycles. The van der Waals surface area contributed by atoms with E-state index in [9.17, 15) is 13.2 Å². The molecular weight excluding hydrogens is 340 g/mol. The summed E-state index contributed by atoms with van der Waals surface area (Å²) in [6, 6.07) is 5.80. The molecule has 2 aliphatic heterocycles. The van der Waals surface area contributed by atoms with E-state index in [1.165, 1.54) is 11.8 Å². The topological polar surface area (TPSA) is 75.7 Å². The zero-order valence-corrected chi connectivity index (χ0v) is 15.9. The lowest BCUT2D eigenvalue weighted by molar-refractivity contribution is -0.165. The number of amides is 1. The van der Waals surface area contributed by atoms with Crippen LogP contribution in [-0.4, -0.2) is 57.3 Å². The van der Waals surface area contributed by atoms with Gasteiger partial charge in [0, 0.05) is 12.1 Å². The molecule has 2 fully saturated rings. The van der Waals surface area contributed by atoms with Gasteiger partial charge in [-0.1, -0.05) is 6.07 Å². The molecule has 0 bridgehead atoms. The number of nitrogens with one attached hydrogen (secondary N) is 1. The van der Waals surface area contributed by atoms with Crippen LogP contribution >= 0.6 is 0 Å². The second kappa shape index (κ2) is 6.70. The van der Waals surface area contributed by atoms with Gasteiger partial charge in [-0.3, -0.25) is 4.79 Å². The number of sulfonamides is 1. The fourth-order valence-electron chi connectivity index (χ4n) is 3.45. The van der Waals surface area contributed by atoms with Crippen LogP contribution in [0, 0.1) is 19.8 Å². The minimum absolute atomic E-state index is 0.0539. The van der Waals surface area contributed by atoms with Gasteiger partial charge < -0.3 is 9.64 Å². The molecule has 25 heavy (non-hydrogen) atoms. The van der Waals surface area contributed by atoms with Gasteiger partial charge >= 0.3 is 0 Å². The Kier molecular flexibility index (Phi) is 4.92. The van der Waals surface area contributed by atoms with Crippen LogP contribution in [0.25, 0.3) is 0 Å². The van der Waals surface area contributed by atoms with E-state index in [4.69, 9.17) is 4.74 Å². The number of rotatable bonds is 4. The molecule has 1 aromatic carbocycles. The van der Waals surface area contributed by atoms with Crippen LogP contribution in [0.1, 0.15) is 34.3 Å². The van der Waals surface area contributed by atoms with Crippen LogP contribution < -0.4 is 4.72 Å². The van der Waals surface area contributed by atoms with E-state index in [1.54, 1.807) is 0 Å². The summed E-state index contributed by atoms with van der Waals surface area (Å²) < 4.78 is 30.9. The monoisotopic (exact) mass is 366 g/mol. The Morgan fingerprint density at radius 2 is 2.04 bits per heavy atom. The average molecular weight is 366 g/mol. The second-order valence-corrected chi connectivity index (χ2v) is 9.31. The zero-order valence-electron chi connectivity index (χ0n) is 15.0. The van der Waals surface area contributed by atoms with Crippen LogP contribution in [0.2, 0.25) is 0 Å². The quantitative estimate of drug-likeness (QED) is 0.876. The number of benzene rings is 1. The molecular formula is C18H26N2O4S. The van der Waals surface area contributed by atoms with Gasteiger partial charge in [0.1, 0.15) is 5.60 Å². The molecule has 7 heteroatoms. The molecule has 1 spiro atoms. The molecule has 1 atom stereocenters. The maximum Gasteiger partial charge on any atom is 0.254 e. The van der Waals surface area contributed by atoms with Crippen LogP contribution in [0.3, 0.4) is 0 Å². The third-order valence-electron chi connectivity index (χ3n) is 5.27. The fraction of sp³-hybridized carbons (Fsp3) is 0.611. The first-order valence-electron chi connectivity index (χ1n) is 8.63. The van der Waals surface area contributed by atoms with E-state index in [0.717, 1.165) is 24.0 Å². The van der Waals surface area contributed by atoms with Crippen LogP contribution in [-0.2, 0) is 14.8 Å². The van der Waals surface area contributed by atoms with E-state index in [-0.39, 0.29) is 17.4 Å². The van der Waals surface area contributed by atoms with Crippen molar-refractivity contribution in [2.24, 2.45) is 5.92 Å². The number of nitrogens with zero attached hydrogens (tertiary/aromatic N) is 1. The molecule has 2 saturated heterocycles. The Labute approximate surface area is 149 Å². The van der Waals surface area contributed by atoms with Crippen LogP contribution in [0.4, 0.5) is 0 Å². The first kappa shape index (κ1) is 18.4. The highest BCUT2D eigenvalue weighted by Crippen LogP contribution is 2.36. The van der Waals surface area contributed by atoms with Crippen LogP contribution in [0.5, 0.6) is 0 Å². The van der Waals surface area contributed by atoms with Crippen molar-refractivity contribution in [3.63, 3.8) is 0 Å². The Morgan fingerprint density at radius 3 is 2.60 bits per heavy atom. The van der Waals surface area contributed by atoms with Crippen molar-refractivity contribution in [3.8, 4) is 0 Å². The normalized spacial score (nSPS) is 22.7. The summed E-state index contributed by atoms with van der Waals surface area (Å²) in [5.41, 5.74) is 2.79. The Morgan fingerprint density at radius 1 is 1.32 bits per heavy atom. The van der Waals surface area contributed by atoms with Crippen molar-refractivity contribution in [3.05, 3.63) is 34.9 Å². The summed E-state index contributed by atoms with van der Waals surface area (Å²) in [7, 11) is -3.16. The van der Waals surface area contributed by atoms with Gasteiger partial charge in [0.2, 0.25) is 10.0 Å². The molecule has 0 aromatic heterocycles. The highest BCUT2D eigenvalue weighted by atomic mass is 32.2. The largest absolute Gasteiger partial charge is 0.371 e. The Bertz CT molecular complexity index is 759. The number of carbonyl (C=O) groups excluding carboxylic acids is 1. The molecule has 1 aromatic rings. The molecule has 0 unspecified atom stereocenters. The van der Waals surface area contributed by atoms with Gasteiger partial charge in [-0.05, 0) is 55.9 Å². The van der Waals surface area contributed by atoms with E-state index in [1.807, 2.05) is 36.9 Å². The van der Waals surface area contributed by atoms with Crippen molar-refractivity contribution in [2.75, 3.05) is 32.5 Å². The maximum atomic E-state index is 12.6. The molecule has 0 aliphatic carbocycles. The van der Waals surface area contributed by atoms with Gasteiger partial charge in [0.15, 0.2) is 0 Å². The fourth-order valence-corrected chi connectivity index (χ4v) is 3.99. The third-order valence-corrected chi connectivity index (χ3v) is 5.96. The van der Waals surface area contributed by atoms with Gasteiger partial charge in [0.05, 0.1) is 26.0 Å². The summed E-state index contributed by atoms with van der Waals surface area (Å²) in [5, 5.41) is 0. The average Bonchev–Trinajstić information content (AvgIpc) is 2.52. The molecule has 138 valence electrons. The van der Waals surface area contributed by atoms with Gasteiger partial charge in [-0.15, -0.1) is 0 Å². The zero-order chi connectivity index (χ0) is 18.2. The molecule has 0 radical (unpaired) electrons.